The van der Waals surface area contributed by atoms with Gasteiger partial charge in [-0.1, -0.05) is 39.5 Å². The van der Waals surface area contributed by atoms with Crippen LogP contribution >= 0.6 is 22.6 Å². The van der Waals surface area contributed by atoms with Gasteiger partial charge < -0.3 is 0 Å². The van der Waals surface area contributed by atoms with Crippen molar-refractivity contribution in [2.75, 3.05) is 0 Å². The summed E-state index contributed by atoms with van der Waals surface area (Å²) in [6, 6.07) is 27.2. The van der Waals surface area contributed by atoms with Crippen molar-refractivity contribution in [1.29, 1.82) is 0 Å². The molecule has 0 amide bonds. The van der Waals surface area contributed by atoms with E-state index in [1.165, 1.54) is 14.7 Å². The molecule has 0 saturated carbocycles. The molecule has 0 bridgehead atoms. The van der Waals surface area contributed by atoms with Crippen molar-refractivity contribution in [3.8, 4) is 0 Å². The maximum Gasteiger partial charge on any atom is 2.00 e. The molecule has 0 aliphatic carbocycles. The Kier molecular flexibility index (Phi) is 7.80. The van der Waals surface area contributed by atoms with Gasteiger partial charge in [-0.25, -0.2) is 24.3 Å². The first kappa shape index (κ1) is 16.2. The molecule has 0 saturated heterocycles. The molecular weight excluding hydrogens is 387 g/mol. The van der Waals surface area contributed by atoms with Crippen LogP contribution in [-0.2, 0) is 23.5 Å². The number of hydrogen-bond donors (Lipinski definition) is 0. The van der Waals surface area contributed by atoms with E-state index in [1.807, 2.05) is 12.1 Å². The van der Waals surface area contributed by atoms with E-state index in [9.17, 15) is 0 Å². The average Bonchev–Trinajstić information content (AvgIpc) is 3.05. The predicted molar refractivity (Wildman–Crippen MR) is 86.0 cm³/mol. The molecule has 0 radical (unpaired) electrons. The van der Waals surface area contributed by atoms with Gasteiger partial charge in [-0.2, -0.15) is 29.8 Å². The Hall–Kier alpha value is -0.831. The molecule has 0 aliphatic rings. The molecule has 0 unspecified atom stereocenters. The summed E-state index contributed by atoms with van der Waals surface area (Å²) in [4.78, 5) is 0. The van der Waals surface area contributed by atoms with Crippen LogP contribution in [-0.4, -0.2) is 0 Å². The molecule has 3 rings (SSSR count). The fraction of sp³-hybridized carbons (Fsp3) is 0.0588. The Morgan fingerprint density at radius 2 is 1.26 bits per heavy atom. The fourth-order valence-corrected chi connectivity index (χ4v) is 2.13. The van der Waals surface area contributed by atoms with Crippen LogP contribution in [0, 0.1) is 3.57 Å². The SMILES string of the molecule is I[c-]1cccc1.[Fe+2].c1ccc(C[c-]2cccc2)cc1. The van der Waals surface area contributed by atoms with Gasteiger partial charge in [0.05, 0.1) is 0 Å². The van der Waals surface area contributed by atoms with E-state index in [4.69, 9.17) is 0 Å². The van der Waals surface area contributed by atoms with E-state index in [0.717, 1.165) is 6.42 Å². The minimum absolute atomic E-state index is 0. The Morgan fingerprint density at radius 3 is 1.74 bits per heavy atom. The molecule has 0 spiro atoms. The maximum absolute atomic E-state index is 2.28. The zero-order chi connectivity index (χ0) is 12.6. The summed E-state index contributed by atoms with van der Waals surface area (Å²) < 4.78 is 1.31. The Balaban J connectivity index is 0.000000220. The second-order valence-electron chi connectivity index (χ2n) is 4.06. The van der Waals surface area contributed by atoms with Crippen molar-refractivity contribution in [2.24, 2.45) is 0 Å². The third-order valence-electron chi connectivity index (χ3n) is 2.60. The first-order valence-corrected chi connectivity index (χ1v) is 7.04. The molecule has 0 nitrogen and oxygen atoms in total. The average molecular weight is 402 g/mol. The molecular formula is C17H15FeI. The molecule has 3 aromatic rings. The van der Waals surface area contributed by atoms with Gasteiger partial charge in [0.25, 0.3) is 0 Å². The number of rotatable bonds is 2. The summed E-state index contributed by atoms with van der Waals surface area (Å²) in [6.45, 7) is 0. The van der Waals surface area contributed by atoms with E-state index in [0.29, 0.717) is 0 Å². The first-order chi connectivity index (χ1) is 8.84. The molecule has 3 aromatic carbocycles. The topological polar surface area (TPSA) is 0 Å². The van der Waals surface area contributed by atoms with E-state index < -0.39 is 0 Å². The van der Waals surface area contributed by atoms with Crippen LogP contribution in [0.2, 0.25) is 0 Å². The molecule has 0 aromatic heterocycles. The van der Waals surface area contributed by atoms with E-state index in [1.54, 1.807) is 0 Å². The molecule has 0 fully saturated rings. The van der Waals surface area contributed by atoms with Crippen LogP contribution in [0.15, 0.2) is 78.9 Å². The molecule has 2 heteroatoms. The monoisotopic (exact) mass is 402 g/mol. The minimum atomic E-state index is 0. The summed E-state index contributed by atoms with van der Waals surface area (Å²) >= 11 is 2.28. The number of hydrogen-bond acceptors (Lipinski definition) is 0. The largest absolute Gasteiger partial charge is 2.00 e. The van der Waals surface area contributed by atoms with Crippen molar-refractivity contribution in [3.05, 3.63) is 93.6 Å². The van der Waals surface area contributed by atoms with Crippen molar-refractivity contribution < 1.29 is 17.1 Å². The summed E-state index contributed by atoms with van der Waals surface area (Å²) in [5, 5.41) is 0. The van der Waals surface area contributed by atoms with Gasteiger partial charge in [-0.05, 0) is 6.42 Å². The quantitative estimate of drug-likeness (QED) is 0.322. The Morgan fingerprint density at radius 1 is 0.737 bits per heavy atom. The van der Waals surface area contributed by atoms with Crippen LogP contribution < -0.4 is 0 Å². The van der Waals surface area contributed by atoms with Crippen LogP contribution in [0.25, 0.3) is 0 Å². The summed E-state index contributed by atoms with van der Waals surface area (Å²) in [7, 11) is 0. The van der Waals surface area contributed by atoms with E-state index in [-0.39, 0.29) is 17.1 Å². The van der Waals surface area contributed by atoms with Crippen LogP contribution in [0.1, 0.15) is 11.1 Å². The van der Waals surface area contributed by atoms with Crippen molar-refractivity contribution >= 4 is 22.6 Å². The third-order valence-corrected chi connectivity index (χ3v) is 3.32. The molecule has 98 valence electrons. The van der Waals surface area contributed by atoms with Crippen LogP contribution in [0.5, 0.6) is 0 Å². The van der Waals surface area contributed by atoms with E-state index in [2.05, 4.69) is 89.3 Å². The molecule has 0 atom stereocenters. The van der Waals surface area contributed by atoms with Gasteiger partial charge in [0.15, 0.2) is 0 Å². The predicted octanol–water partition coefficient (Wildman–Crippen LogP) is 5.00. The fourth-order valence-electron chi connectivity index (χ4n) is 1.71. The van der Waals surface area contributed by atoms with Crippen molar-refractivity contribution in [1.82, 2.24) is 0 Å². The smallest absolute Gasteiger partial charge is 0.213 e. The number of halogens is 1. The van der Waals surface area contributed by atoms with Gasteiger partial charge in [0.2, 0.25) is 0 Å². The van der Waals surface area contributed by atoms with Gasteiger partial charge in [0.1, 0.15) is 0 Å². The van der Waals surface area contributed by atoms with Crippen LogP contribution in [0.3, 0.4) is 0 Å². The summed E-state index contributed by atoms with van der Waals surface area (Å²) in [6.07, 6.45) is 1.05. The maximum atomic E-state index is 2.28. The Labute approximate surface area is 139 Å². The standard InChI is InChI=1S/C12H11.C5H4I.Fe/c1-2-6-11(7-3-1)10-12-8-4-5-9-12;6-5-3-1-2-4-5;/h1-9H,10H2;1-4H;/q2*-1;+2. The second-order valence-corrected chi connectivity index (χ2v) is 5.30. The van der Waals surface area contributed by atoms with Gasteiger partial charge in [-0.3, -0.25) is 0 Å². The zero-order valence-electron chi connectivity index (χ0n) is 10.4. The zero-order valence-corrected chi connectivity index (χ0v) is 13.7. The summed E-state index contributed by atoms with van der Waals surface area (Å²) in [5.74, 6) is 0. The summed E-state index contributed by atoms with van der Waals surface area (Å²) in [5.41, 5.74) is 2.77. The second kappa shape index (κ2) is 9.13. The van der Waals surface area contributed by atoms with Crippen molar-refractivity contribution in [3.63, 3.8) is 0 Å². The molecule has 19 heavy (non-hydrogen) atoms. The van der Waals surface area contributed by atoms with E-state index >= 15 is 0 Å². The molecule has 0 N–H and O–H groups in total. The Bertz CT molecular complexity index is 524. The first-order valence-electron chi connectivity index (χ1n) is 5.96. The van der Waals surface area contributed by atoms with Gasteiger partial charge in [-0.15, -0.1) is 22.6 Å². The minimum Gasteiger partial charge on any atom is -0.213 e. The normalized spacial score (nSPS) is 9.11. The van der Waals surface area contributed by atoms with Gasteiger partial charge in [0, 0.05) is 0 Å². The third kappa shape index (κ3) is 6.24. The number of benzene rings is 1. The molecule has 0 heterocycles. The van der Waals surface area contributed by atoms with Crippen molar-refractivity contribution in [2.45, 2.75) is 6.42 Å². The van der Waals surface area contributed by atoms with Gasteiger partial charge >= 0.3 is 17.1 Å². The molecule has 0 aliphatic heterocycles. The van der Waals surface area contributed by atoms with Crippen LogP contribution in [0.4, 0.5) is 0 Å².